The number of allylic oxidation sites excluding steroid dienone is 1. The lowest BCUT2D eigenvalue weighted by molar-refractivity contribution is -0.422. The number of nitrogens with one attached hydrogen (secondary N) is 1. The van der Waals surface area contributed by atoms with E-state index in [1.54, 1.807) is 0 Å². The minimum Gasteiger partial charge on any atom is -0.461 e. The number of methoxy groups -OCH3 is 1. The van der Waals surface area contributed by atoms with Crippen LogP contribution in [0.3, 0.4) is 0 Å². The summed E-state index contributed by atoms with van der Waals surface area (Å²) in [4.78, 5) is 21.0. The Balaban J connectivity index is 2.97. The molecule has 0 aromatic rings. The first kappa shape index (κ1) is 10.5. The summed E-state index contributed by atoms with van der Waals surface area (Å²) in [5, 5.41) is 13.5. The van der Waals surface area contributed by atoms with Crippen molar-refractivity contribution in [2.45, 2.75) is 25.8 Å². The average Bonchev–Trinajstić information content (AvgIpc) is 2.51. The van der Waals surface area contributed by atoms with Gasteiger partial charge in [0.15, 0.2) is 0 Å². The fraction of sp³-hybridized carbons (Fsp3) is 0.625. The zero-order chi connectivity index (χ0) is 10.7. The number of nitro groups is 1. The zero-order valence-corrected chi connectivity index (χ0v) is 8.07. The fourth-order valence-corrected chi connectivity index (χ4v) is 1.39. The number of nitrogens with zero attached hydrogens (tertiary/aromatic N) is 1. The summed E-state index contributed by atoms with van der Waals surface area (Å²) in [5.74, 6) is -0.897. The van der Waals surface area contributed by atoms with Crippen LogP contribution in [0.1, 0.15) is 19.8 Å². The van der Waals surface area contributed by atoms with Gasteiger partial charge in [0, 0.05) is 6.04 Å². The normalized spacial score (nSPS) is 24.0. The van der Waals surface area contributed by atoms with E-state index in [0.29, 0.717) is 12.1 Å². The Morgan fingerprint density at radius 1 is 1.71 bits per heavy atom. The second-order valence-corrected chi connectivity index (χ2v) is 3.16. The molecule has 14 heavy (non-hydrogen) atoms. The lowest BCUT2D eigenvalue weighted by Crippen LogP contribution is -2.23. The summed E-state index contributed by atoms with van der Waals surface area (Å²) < 4.78 is 4.34. The quantitative estimate of drug-likeness (QED) is 0.302. The second kappa shape index (κ2) is 4.08. The van der Waals surface area contributed by atoms with Crippen molar-refractivity contribution in [2.24, 2.45) is 0 Å². The van der Waals surface area contributed by atoms with Gasteiger partial charge in [0.25, 0.3) is 0 Å². The third-order valence-corrected chi connectivity index (χ3v) is 2.10. The molecule has 1 rings (SSSR count). The highest BCUT2D eigenvalue weighted by Crippen LogP contribution is 2.19. The van der Waals surface area contributed by atoms with Gasteiger partial charge in [0.05, 0.1) is 17.7 Å². The third-order valence-electron chi connectivity index (χ3n) is 2.10. The lowest BCUT2D eigenvalue weighted by atomic mass is 10.2. The van der Waals surface area contributed by atoms with Crippen LogP contribution in [-0.2, 0) is 9.53 Å². The molecule has 0 bridgehead atoms. The Bertz CT molecular complexity index is 298. The van der Waals surface area contributed by atoms with Crippen molar-refractivity contribution >= 4 is 5.97 Å². The smallest absolute Gasteiger partial charge is 0.411 e. The third kappa shape index (κ3) is 2.01. The largest absolute Gasteiger partial charge is 0.461 e. The number of carbonyl (C=O) groups is 1. The van der Waals surface area contributed by atoms with Crippen LogP contribution in [0.15, 0.2) is 11.4 Å². The van der Waals surface area contributed by atoms with Crippen LogP contribution < -0.4 is 5.32 Å². The molecule has 0 aromatic carbocycles. The first-order valence-corrected chi connectivity index (χ1v) is 4.28. The van der Waals surface area contributed by atoms with E-state index in [9.17, 15) is 14.9 Å². The van der Waals surface area contributed by atoms with Gasteiger partial charge < -0.3 is 10.1 Å². The topological polar surface area (TPSA) is 81.5 Å². The molecule has 0 spiro atoms. The van der Waals surface area contributed by atoms with E-state index in [2.05, 4.69) is 10.1 Å². The van der Waals surface area contributed by atoms with E-state index >= 15 is 0 Å². The maximum Gasteiger partial charge on any atom is 0.411 e. The van der Waals surface area contributed by atoms with E-state index in [1.807, 2.05) is 6.92 Å². The molecule has 1 N–H and O–H groups in total. The van der Waals surface area contributed by atoms with Crippen LogP contribution in [0.25, 0.3) is 0 Å². The summed E-state index contributed by atoms with van der Waals surface area (Å²) in [7, 11) is 1.13. The molecule has 0 amide bonds. The first-order valence-electron chi connectivity index (χ1n) is 4.28. The molecule has 0 radical (unpaired) electrons. The SMILES string of the molecule is COC(=O)/C(=C1\CC[C@@H](C)N1)[N+](=O)[O-]. The zero-order valence-electron chi connectivity index (χ0n) is 8.07. The van der Waals surface area contributed by atoms with Gasteiger partial charge in [-0.1, -0.05) is 0 Å². The lowest BCUT2D eigenvalue weighted by Gasteiger charge is -2.03. The maximum atomic E-state index is 11.1. The molecule has 1 heterocycles. The van der Waals surface area contributed by atoms with Crippen LogP contribution in [0.5, 0.6) is 0 Å². The summed E-state index contributed by atoms with van der Waals surface area (Å²) >= 11 is 0. The van der Waals surface area contributed by atoms with Gasteiger partial charge in [-0.15, -0.1) is 0 Å². The predicted octanol–water partition coefficient (Wildman–Crippen LogP) is 0.420. The molecule has 1 saturated heterocycles. The Labute approximate surface area is 81.1 Å². The highest BCUT2D eigenvalue weighted by molar-refractivity contribution is 5.86. The molecule has 1 aliphatic rings. The van der Waals surface area contributed by atoms with Crippen LogP contribution in [0.4, 0.5) is 0 Å². The van der Waals surface area contributed by atoms with Crippen molar-refractivity contribution < 1.29 is 14.5 Å². The highest BCUT2D eigenvalue weighted by Gasteiger charge is 2.31. The number of hydrogen-bond acceptors (Lipinski definition) is 5. The summed E-state index contributed by atoms with van der Waals surface area (Å²) in [6.45, 7) is 1.90. The monoisotopic (exact) mass is 200 g/mol. The van der Waals surface area contributed by atoms with Crippen LogP contribution >= 0.6 is 0 Å². The number of esters is 1. The van der Waals surface area contributed by atoms with Crippen LogP contribution in [-0.4, -0.2) is 24.0 Å². The molecular formula is C8H12N2O4. The summed E-state index contributed by atoms with van der Waals surface area (Å²) in [6.07, 6.45) is 1.32. The van der Waals surface area contributed by atoms with Gasteiger partial charge in [-0.3, -0.25) is 10.1 Å². The van der Waals surface area contributed by atoms with Gasteiger partial charge in [-0.2, -0.15) is 0 Å². The van der Waals surface area contributed by atoms with Crippen molar-refractivity contribution in [3.05, 3.63) is 21.5 Å². The fourth-order valence-electron chi connectivity index (χ4n) is 1.39. The molecule has 0 aliphatic carbocycles. The molecule has 0 saturated carbocycles. The molecule has 0 unspecified atom stereocenters. The van der Waals surface area contributed by atoms with Gasteiger partial charge in [-0.25, -0.2) is 4.79 Å². The van der Waals surface area contributed by atoms with Gasteiger partial charge in [0.1, 0.15) is 0 Å². The Morgan fingerprint density at radius 2 is 2.36 bits per heavy atom. The van der Waals surface area contributed by atoms with Crippen molar-refractivity contribution in [3.8, 4) is 0 Å². The van der Waals surface area contributed by atoms with Crippen molar-refractivity contribution in [1.82, 2.24) is 5.32 Å². The van der Waals surface area contributed by atoms with E-state index in [1.165, 1.54) is 0 Å². The Kier molecular flexibility index (Phi) is 3.06. The van der Waals surface area contributed by atoms with E-state index < -0.39 is 16.6 Å². The molecule has 1 fully saturated rings. The van der Waals surface area contributed by atoms with E-state index in [0.717, 1.165) is 13.5 Å². The second-order valence-electron chi connectivity index (χ2n) is 3.16. The molecular weight excluding hydrogens is 188 g/mol. The minimum atomic E-state index is -0.897. The van der Waals surface area contributed by atoms with Crippen LogP contribution in [0.2, 0.25) is 0 Å². The van der Waals surface area contributed by atoms with Crippen molar-refractivity contribution in [1.29, 1.82) is 0 Å². The number of hydrogen-bond donors (Lipinski definition) is 1. The minimum absolute atomic E-state index is 0.171. The number of carbonyl (C=O) groups excluding carboxylic acids is 1. The van der Waals surface area contributed by atoms with Crippen molar-refractivity contribution in [3.63, 3.8) is 0 Å². The van der Waals surface area contributed by atoms with Gasteiger partial charge in [-0.05, 0) is 19.8 Å². The standard InChI is InChI=1S/C8H12N2O4/c1-5-3-4-6(9-5)7(10(12)13)8(11)14-2/h5,9H,3-4H2,1-2H3/b7-6-/t5-/m1/s1. The Morgan fingerprint density at radius 3 is 2.71 bits per heavy atom. The number of rotatable bonds is 2. The average molecular weight is 200 g/mol. The first-order chi connectivity index (χ1) is 6.56. The highest BCUT2D eigenvalue weighted by atomic mass is 16.6. The molecule has 1 atom stereocenters. The molecule has 6 nitrogen and oxygen atoms in total. The summed E-state index contributed by atoms with van der Waals surface area (Å²) in [5.41, 5.74) is -0.105. The van der Waals surface area contributed by atoms with Crippen LogP contribution in [0, 0.1) is 10.1 Å². The molecule has 78 valence electrons. The van der Waals surface area contributed by atoms with E-state index in [4.69, 9.17) is 0 Å². The van der Waals surface area contributed by atoms with Gasteiger partial charge in [0.2, 0.25) is 0 Å². The van der Waals surface area contributed by atoms with Crippen molar-refractivity contribution in [2.75, 3.05) is 7.11 Å². The molecule has 6 heteroatoms. The molecule has 0 aromatic heterocycles. The number of ether oxygens (including phenoxy) is 1. The van der Waals surface area contributed by atoms with Gasteiger partial charge >= 0.3 is 11.7 Å². The molecule has 1 aliphatic heterocycles. The van der Waals surface area contributed by atoms with E-state index in [-0.39, 0.29) is 6.04 Å². The maximum absolute atomic E-state index is 11.1. The summed E-state index contributed by atoms with van der Waals surface area (Å²) in [6, 6.07) is 0.171. The predicted molar refractivity (Wildman–Crippen MR) is 47.9 cm³/mol. The Hall–Kier alpha value is -1.59.